The largest absolute Gasteiger partial charge is 0.353 e. The molecule has 6 nitrogen and oxygen atoms in total. The minimum atomic E-state index is -0.787. The van der Waals surface area contributed by atoms with Crippen LogP contribution >= 0.6 is 23.2 Å². The van der Waals surface area contributed by atoms with Gasteiger partial charge >= 0.3 is 0 Å². The summed E-state index contributed by atoms with van der Waals surface area (Å²) in [4.78, 5) is 19.6. The molecule has 0 atom stereocenters. The van der Waals surface area contributed by atoms with Crippen LogP contribution in [0, 0.1) is 0 Å². The highest BCUT2D eigenvalue weighted by Crippen LogP contribution is 2.30. The number of benzene rings is 1. The minimum Gasteiger partial charge on any atom is -0.353 e. The first kappa shape index (κ1) is 16.6. The standard InChI is InChI=1S/C16H13Cl2N5OS/c17-13-11(10-4-2-1-3-5-10)19-12-14(20-13)21-16(18)22-15(12)23-6-8-25(24)9-7-23/h1-5H,6-9H2. The Morgan fingerprint density at radius 2 is 1.68 bits per heavy atom. The molecule has 25 heavy (non-hydrogen) atoms. The Bertz CT molecular complexity index is 960. The molecule has 1 fully saturated rings. The molecule has 0 aliphatic carbocycles. The van der Waals surface area contributed by atoms with Crippen LogP contribution in [-0.4, -0.2) is 48.7 Å². The quantitative estimate of drug-likeness (QED) is 0.623. The van der Waals surface area contributed by atoms with Gasteiger partial charge in [0.1, 0.15) is 5.69 Å². The molecule has 0 radical (unpaired) electrons. The summed E-state index contributed by atoms with van der Waals surface area (Å²) in [6.07, 6.45) is 0. The van der Waals surface area contributed by atoms with E-state index >= 15 is 0 Å². The zero-order valence-electron chi connectivity index (χ0n) is 13.0. The summed E-state index contributed by atoms with van der Waals surface area (Å²) in [5, 5.41) is 0.353. The third-order valence-electron chi connectivity index (χ3n) is 3.97. The molecule has 1 aliphatic heterocycles. The molecule has 0 spiro atoms. The van der Waals surface area contributed by atoms with Crippen LogP contribution in [0.2, 0.25) is 10.4 Å². The van der Waals surface area contributed by atoms with Gasteiger partial charge in [-0.2, -0.15) is 9.97 Å². The van der Waals surface area contributed by atoms with Crippen molar-refractivity contribution in [1.29, 1.82) is 0 Å². The maximum Gasteiger partial charge on any atom is 0.226 e. The van der Waals surface area contributed by atoms with E-state index in [0.717, 1.165) is 5.56 Å². The highest BCUT2D eigenvalue weighted by Gasteiger charge is 2.22. The van der Waals surface area contributed by atoms with Crippen molar-refractivity contribution in [3.8, 4) is 11.3 Å². The summed E-state index contributed by atoms with van der Waals surface area (Å²) in [5.74, 6) is 1.79. The Hall–Kier alpha value is -1.83. The van der Waals surface area contributed by atoms with E-state index in [1.165, 1.54) is 0 Å². The third kappa shape index (κ3) is 3.31. The molecule has 2 aromatic heterocycles. The number of aromatic nitrogens is 4. The normalized spacial score (nSPS) is 15.7. The second-order valence-corrected chi connectivity index (χ2v) is 7.94. The number of halogens is 2. The summed E-state index contributed by atoms with van der Waals surface area (Å²) in [5.41, 5.74) is 2.33. The maximum absolute atomic E-state index is 11.6. The maximum atomic E-state index is 11.6. The van der Waals surface area contributed by atoms with Gasteiger partial charge in [-0.25, -0.2) is 9.97 Å². The Kier molecular flexibility index (Phi) is 4.54. The van der Waals surface area contributed by atoms with Gasteiger partial charge in [-0.1, -0.05) is 41.9 Å². The molecule has 1 aliphatic rings. The van der Waals surface area contributed by atoms with E-state index in [0.29, 0.717) is 47.3 Å². The fraction of sp³-hybridized carbons (Fsp3) is 0.250. The van der Waals surface area contributed by atoms with Gasteiger partial charge < -0.3 is 4.90 Å². The number of nitrogens with zero attached hydrogens (tertiary/aromatic N) is 5. The van der Waals surface area contributed by atoms with Crippen molar-refractivity contribution < 1.29 is 4.21 Å². The summed E-state index contributed by atoms with van der Waals surface area (Å²) in [6.45, 7) is 1.25. The van der Waals surface area contributed by atoms with Crippen LogP contribution in [-0.2, 0) is 10.8 Å². The van der Waals surface area contributed by atoms with Crippen LogP contribution in [0.1, 0.15) is 0 Å². The molecular weight excluding hydrogens is 381 g/mol. The Morgan fingerprint density at radius 1 is 0.960 bits per heavy atom. The Morgan fingerprint density at radius 3 is 2.40 bits per heavy atom. The van der Waals surface area contributed by atoms with E-state index in [4.69, 9.17) is 23.2 Å². The molecule has 4 rings (SSSR count). The number of fused-ring (bicyclic) bond motifs is 1. The number of rotatable bonds is 2. The lowest BCUT2D eigenvalue weighted by Crippen LogP contribution is -2.38. The predicted molar refractivity (Wildman–Crippen MR) is 101 cm³/mol. The van der Waals surface area contributed by atoms with E-state index < -0.39 is 10.8 Å². The average molecular weight is 394 g/mol. The van der Waals surface area contributed by atoms with Gasteiger partial charge in [-0.05, 0) is 11.6 Å². The van der Waals surface area contributed by atoms with E-state index in [1.54, 1.807) is 0 Å². The SMILES string of the molecule is O=S1CCN(c2nc(Cl)nc3nc(Cl)c(-c4ccccc4)nc23)CC1. The monoisotopic (exact) mass is 393 g/mol. The molecule has 1 aromatic carbocycles. The second kappa shape index (κ2) is 6.82. The fourth-order valence-electron chi connectivity index (χ4n) is 2.74. The van der Waals surface area contributed by atoms with Crippen LogP contribution in [0.4, 0.5) is 5.82 Å². The predicted octanol–water partition coefficient (Wildman–Crippen LogP) is 2.96. The summed E-state index contributed by atoms with van der Waals surface area (Å²) in [6, 6.07) is 9.59. The van der Waals surface area contributed by atoms with Crippen molar-refractivity contribution in [2.24, 2.45) is 0 Å². The second-order valence-electron chi connectivity index (χ2n) is 5.55. The zero-order chi connectivity index (χ0) is 17.4. The zero-order valence-corrected chi connectivity index (χ0v) is 15.4. The number of hydrogen-bond acceptors (Lipinski definition) is 6. The number of anilines is 1. The summed E-state index contributed by atoms with van der Waals surface area (Å²) < 4.78 is 11.6. The van der Waals surface area contributed by atoms with Gasteiger partial charge in [0.25, 0.3) is 0 Å². The average Bonchev–Trinajstić information content (AvgIpc) is 2.62. The van der Waals surface area contributed by atoms with Gasteiger partial charge in [0.05, 0.1) is 0 Å². The summed E-state index contributed by atoms with van der Waals surface area (Å²) in [7, 11) is -0.787. The Labute approximate surface area is 156 Å². The van der Waals surface area contributed by atoms with Crippen LogP contribution in [0.5, 0.6) is 0 Å². The van der Waals surface area contributed by atoms with Crippen molar-refractivity contribution in [3.05, 3.63) is 40.8 Å². The van der Waals surface area contributed by atoms with Crippen LogP contribution < -0.4 is 4.90 Å². The first-order valence-electron chi connectivity index (χ1n) is 7.68. The topological polar surface area (TPSA) is 71.9 Å². The lowest BCUT2D eigenvalue weighted by Gasteiger charge is -2.27. The van der Waals surface area contributed by atoms with E-state index in [2.05, 4.69) is 19.9 Å². The van der Waals surface area contributed by atoms with Gasteiger partial charge in [-0.3, -0.25) is 4.21 Å². The van der Waals surface area contributed by atoms with E-state index in [1.807, 2.05) is 35.2 Å². The van der Waals surface area contributed by atoms with E-state index in [9.17, 15) is 4.21 Å². The van der Waals surface area contributed by atoms with Crippen molar-refractivity contribution >= 4 is 51.0 Å². The molecule has 0 N–H and O–H groups in total. The van der Waals surface area contributed by atoms with Crippen molar-refractivity contribution in [3.63, 3.8) is 0 Å². The first-order chi connectivity index (χ1) is 12.1. The highest BCUT2D eigenvalue weighted by atomic mass is 35.5. The molecule has 1 saturated heterocycles. The smallest absolute Gasteiger partial charge is 0.226 e. The molecule has 0 unspecified atom stereocenters. The molecule has 0 saturated carbocycles. The number of hydrogen-bond donors (Lipinski definition) is 0. The van der Waals surface area contributed by atoms with Gasteiger partial charge in [-0.15, -0.1) is 0 Å². The van der Waals surface area contributed by atoms with Crippen LogP contribution in [0.25, 0.3) is 22.4 Å². The van der Waals surface area contributed by atoms with Crippen LogP contribution in [0.3, 0.4) is 0 Å². The highest BCUT2D eigenvalue weighted by molar-refractivity contribution is 7.85. The molecule has 9 heteroatoms. The summed E-state index contributed by atoms with van der Waals surface area (Å²) >= 11 is 12.4. The molecule has 0 amide bonds. The third-order valence-corrected chi connectivity index (χ3v) is 5.68. The fourth-order valence-corrected chi connectivity index (χ4v) is 4.18. The molecule has 3 aromatic rings. The lowest BCUT2D eigenvalue weighted by atomic mass is 10.1. The molecule has 0 bridgehead atoms. The Balaban J connectivity index is 1.89. The molecular formula is C16H13Cl2N5OS. The van der Waals surface area contributed by atoms with Gasteiger partial charge in [0.15, 0.2) is 22.1 Å². The van der Waals surface area contributed by atoms with Gasteiger partial charge in [0, 0.05) is 41.0 Å². The van der Waals surface area contributed by atoms with Crippen molar-refractivity contribution in [2.45, 2.75) is 0 Å². The van der Waals surface area contributed by atoms with Crippen molar-refractivity contribution in [1.82, 2.24) is 19.9 Å². The van der Waals surface area contributed by atoms with Gasteiger partial charge in [0.2, 0.25) is 5.28 Å². The minimum absolute atomic E-state index is 0.0898. The molecule has 128 valence electrons. The van der Waals surface area contributed by atoms with Crippen molar-refractivity contribution in [2.75, 3.05) is 29.5 Å². The molecule has 3 heterocycles. The van der Waals surface area contributed by atoms with E-state index in [-0.39, 0.29) is 10.4 Å². The first-order valence-corrected chi connectivity index (χ1v) is 9.92. The van der Waals surface area contributed by atoms with Crippen LogP contribution in [0.15, 0.2) is 30.3 Å². The lowest BCUT2D eigenvalue weighted by molar-refractivity contribution is 0.672.